The van der Waals surface area contributed by atoms with Gasteiger partial charge in [0, 0.05) is 10.8 Å². The first-order valence-electron chi connectivity index (χ1n) is 27.4. The molecule has 0 bridgehead atoms. The Morgan fingerprint density at radius 1 is 0.221 bits per heavy atom. The minimum absolute atomic E-state index is 0.0722. The summed E-state index contributed by atoms with van der Waals surface area (Å²) in [5.41, 5.74) is 29.0. The zero-order valence-electron chi connectivity index (χ0n) is 43.8. The van der Waals surface area contributed by atoms with Crippen molar-refractivity contribution in [2.45, 2.75) is 44.9 Å². The Morgan fingerprint density at radius 3 is 0.948 bits per heavy atom. The van der Waals surface area contributed by atoms with Gasteiger partial charge in [-0.05, 0) is 190 Å². The molecular weight excluding hydrogens is 925 g/mol. The fourth-order valence-electron chi connectivity index (χ4n) is 14.6. The minimum Gasteiger partial charge on any atom is -0.0622 e. The summed E-state index contributed by atoms with van der Waals surface area (Å²) in [6.45, 7) is 9.60. The summed E-state index contributed by atoms with van der Waals surface area (Å²) in [6, 6.07) is 92.2. The molecule has 0 saturated carbocycles. The van der Waals surface area contributed by atoms with E-state index >= 15 is 0 Å². The second-order valence-electron chi connectivity index (χ2n) is 23.0. The molecule has 0 amide bonds. The average Bonchev–Trinajstić information content (AvgIpc) is 4.11. The van der Waals surface area contributed by atoms with Gasteiger partial charge in [-0.15, -0.1) is 0 Å². The molecule has 0 heteroatoms. The lowest BCUT2D eigenvalue weighted by molar-refractivity contribution is 0.660. The van der Waals surface area contributed by atoms with Crippen LogP contribution in [0.3, 0.4) is 0 Å². The van der Waals surface area contributed by atoms with Gasteiger partial charge < -0.3 is 0 Å². The van der Waals surface area contributed by atoms with Crippen molar-refractivity contribution in [3.8, 4) is 89.0 Å². The van der Waals surface area contributed by atoms with Gasteiger partial charge in [0.05, 0.1) is 0 Å². The molecule has 0 spiro atoms. The molecule has 0 radical (unpaired) electrons. The highest BCUT2D eigenvalue weighted by atomic mass is 14.4. The molecule has 3 aliphatic carbocycles. The van der Waals surface area contributed by atoms with Crippen LogP contribution in [0.5, 0.6) is 0 Å². The van der Waals surface area contributed by atoms with Crippen molar-refractivity contribution in [1.29, 1.82) is 0 Å². The van der Waals surface area contributed by atoms with Crippen molar-refractivity contribution < 1.29 is 0 Å². The van der Waals surface area contributed by atoms with Crippen molar-refractivity contribution in [3.05, 3.63) is 276 Å². The lowest BCUT2D eigenvalue weighted by Crippen LogP contribution is -2.15. The van der Waals surface area contributed by atoms with Crippen LogP contribution in [0.1, 0.15) is 61.1 Å². The third-order valence-corrected chi connectivity index (χ3v) is 18.3. The molecule has 77 heavy (non-hydrogen) atoms. The van der Waals surface area contributed by atoms with Crippen LogP contribution in [0, 0.1) is 0 Å². The highest BCUT2D eigenvalue weighted by Gasteiger charge is 2.38. The molecule has 0 aliphatic heterocycles. The minimum atomic E-state index is -0.188. The Hall–Kier alpha value is -9.10. The van der Waals surface area contributed by atoms with Crippen molar-refractivity contribution in [2.24, 2.45) is 0 Å². The van der Waals surface area contributed by atoms with Gasteiger partial charge in [-0.25, -0.2) is 0 Å². The van der Waals surface area contributed by atoms with Gasteiger partial charge in [0.1, 0.15) is 0 Å². The molecule has 3 aliphatic rings. The highest BCUT2D eigenvalue weighted by Crippen LogP contribution is 2.55. The SMILES string of the molecule is CC1(C)c2ccccc2-c2ccc(-c3c4ccccc4c(-c4ccc5c(c4)Cc4cc(-c6ccc7c(c6)C(C)(C)c6cc(-c8c9ccccc9c(-c9ccccc9)c9ccccc89)ccc6-7)ccc4-5)c4ccccc34)cc21. The molecule has 13 aromatic carbocycles. The van der Waals surface area contributed by atoms with Gasteiger partial charge in [0.25, 0.3) is 0 Å². The molecular formula is C77H54. The Bertz CT molecular complexity index is 4580. The van der Waals surface area contributed by atoms with Crippen molar-refractivity contribution in [1.82, 2.24) is 0 Å². The average molecular weight is 979 g/mol. The van der Waals surface area contributed by atoms with Crippen molar-refractivity contribution in [2.75, 3.05) is 0 Å². The first-order chi connectivity index (χ1) is 37.7. The van der Waals surface area contributed by atoms with E-state index in [1.807, 2.05) is 0 Å². The molecule has 0 heterocycles. The molecule has 362 valence electrons. The lowest BCUT2D eigenvalue weighted by atomic mass is 9.80. The zero-order chi connectivity index (χ0) is 51.3. The first kappa shape index (κ1) is 44.2. The summed E-state index contributed by atoms with van der Waals surface area (Å²) in [6.07, 6.45) is 0.911. The number of rotatable bonds is 5. The maximum atomic E-state index is 2.50. The van der Waals surface area contributed by atoms with Crippen LogP contribution in [0.25, 0.3) is 132 Å². The molecule has 0 fully saturated rings. The summed E-state index contributed by atoms with van der Waals surface area (Å²) in [5.74, 6) is 0. The van der Waals surface area contributed by atoms with Gasteiger partial charge in [-0.2, -0.15) is 0 Å². The third-order valence-electron chi connectivity index (χ3n) is 18.3. The van der Waals surface area contributed by atoms with Crippen molar-refractivity contribution >= 4 is 43.1 Å². The molecule has 0 aromatic heterocycles. The zero-order valence-corrected chi connectivity index (χ0v) is 43.8. The van der Waals surface area contributed by atoms with E-state index < -0.39 is 0 Å². The Labute approximate surface area is 450 Å². The summed E-state index contributed by atoms with van der Waals surface area (Å²) in [5, 5.41) is 10.3. The molecule has 0 unspecified atom stereocenters. The second-order valence-corrected chi connectivity index (χ2v) is 23.0. The van der Waals surface area contributed by atoms with Gasteiger partial charge in [0.15, 0.2) is 0 Å². The van der Waals surface area contributed by atoms with E-state index in [9.17, 15) is 0 Å². The van der Waals surface area contributed by atoms with Gasteiger partial charge in [-0.1, -0.05) is 252 Å². The van der Waals surface area contributed by atoms with E-state index in [-0.39, 0.29) is 10.8 Å². The topological polar surface area (TPSA) is 0 Å². The molecule has 0 nitrogen and oxygen atoms in total. The van der Waals surface area contributed by atoms with Gasteiger partial charge >= 0.3 is 0 Å². The second kappa shape index (κ2) is 16.2. The third kappa shape index (κ3) is 6.34. The molecule has 13 aromatic rings. The quantitative estimate of drug-likeness (QED) is 0.151. The van der Waals surface area contributed by atoms with E-state index in [0.717, 1.165) is 6.42 Å². The smallest absolute Gasteiger partial charge is 0.0159 e. The van der Waals surface area contributed by atoms with Crippen LogP contribution in [-0.4, -0.2) is 0 Å². The maximum absolute atomic E-state index is 2.50. The molecule has 16 rings (SSSR count). The Balaban J connectivity index is 0.741. The van der Waals surface area contributed by atoms with Crippen molar-refractivity contribution in [3.63, 3.8) is 0 Å². The maximum Gasteiger partial charge on any atom is 0.0159 e. The summed E-state index contributed by atoms with van der Waals surface area (Å²) >= 11 is 0. The standard InChI is InChI=1S/C77H54/c1-76(2)68-29-17-16-20-56(68)57-38-33-50(44-70(57)76)75-66-27-14-12-25-64(66)73(65-26-13-15-28-67(65)75)49-32-36-55-53(41-49)42-52-40-47(30-35-54(52)55)48-31-37-58-59-39-34-51(45-71(59)77(3,4)69(58)43-48)74-62-23-10-8-21-60(62)72(46-18-6-5-7-19-46)61-22-9-11-24-63(61)74/h5-41,43-45H,42H2,1-4H3. The van der Waals surface area contributed by atoms with E-state index in [1.165, 1.54) is 165 Å². The summed E-state index contributed by atoms with van der Waals surface area (Å²) < 4.78 is 0. The Kier molecular flexibility index (Phi) is 9.31. The predicted molar refractivity (Wildman–Crippen MR) is 327 cm³/mol. The largest absolute Gasteiger partial charge is 0.0622 e. The van der Waals surface area contributed by atoms with Crippen LogP contribution in [0.4, 0.5) is 0 Å². The number of hydrogen-bond acceptors (Lipinski definition) is 0. The monoisotopic (exact) mass is 978 g/mol. The predicted octanol–water partition coefficient (Wildman–Crippen LogP) is 20.8. The lowest BCUT2D eigenvalue weighted by Gasteiger charge is -2.23. The summed E-state index contributed by atoms with van der Waals surface area (Å²) in [7, 11) is 0. The van der Waals surface area contributed by atoms with E-state index in [2.05, 4.69) is 270 Å². The fraction of sp³-hybridized carbons (Fsp3) is 0.0909. The number of fused-ring (bicyclic) bond motifs is 13. The van der Waals surface area contributed by atoms with Crippen LogP contribution in [0.2, 0.25) is 0 Å². The Morgan fingerprint density at radius 2 is 0.506 bits per heavy atom. The molecule has 0 saturated heterocycles. The molecule has 0 atom stereocenters. The van der Waals surface area contributed by atoms with Crippen LogP contribution < -0.4 is 0 Å². The normalized spacial score (nSPS) is 14.1. The first-order valence-corrected chi connectivity index (χ1v) is 27.4. The molecule has 0 N–H and O–H groups in total. The highest BCUT2D eigenvalue weighted by molar-refractivity contribution is 6.23. The van der Waals surface area contributed by atoms with E-state index in [0.29, 0.717) is 0 Å². The van der Waals surface area contributed by atoms with E-state index in [1.54, 1.807) is 0 Å². The van der Waals surface area contributed by atoms with Crippen LogP contribution >= 0.6 is 0 Å². The van der Waals surface area contributed by atoms with Crippen LogP contribution in [0.15, 0.2) is 243 Å². The van der Waals surface area contributed by atoms with Gasteiger partial charge in [0.2, 0.25) is 0 Å². The van der Waals surface area contributed by atoms with Crippen LogP contribution in [-0.2, 0) is 17.3 Å². The fourth-order valence-corrected chi connectivity index (χ4v) is 14.6. The van der Waals surface area contributed by atoms with E-state index in [4.69, 9.17) is 0 Å². The number of benzene rings is 13. The summed E-state index contributed by atoms with van der Waals surface area (Å²) in [4.78, 5) is 0. The number of hydrogen-bond donors (Lipinski definition) is 0. The van der Waals surface area contributed by atoms with Gasteiger partial charge in [-0.3, -0.25) is 0 Å².